The predicted octanol–water partition coefficient (Wildman–Crippen LogP) is -1.09. The first-order valence-electron chi connectivity index (χ1n) is 6.61. The number of rotatable bonds is 4. The highest BCUT2D eigenvalue weighted by Gasteiger charge is 2.34. The van der Waals surface area contributed by atoms with E-state index in [0.717, 1.165) is 0 Å². The molecular weight excluding hydrogens is 288 g/mol. The normalized spacial score (nSPS) is 23.7. The summed E-state index contributed by atoms with van der Waals surface area (Å²) in [4.78, 5) is 7.84. The van der Waals surface area contributed by atoms with Gasteiger partial charge < -0.3 is 31.7 Å². The number of nitrogens with one attached hydrogen (secondary N) is 2. The van der Waals surface area contributed by atoms with E-state index in [1.165, 1.54) is 0 Å². The summed E-state index contributed by atoms with van der Waals surface area (Å²) >= 11 is 0. The molecule has 2 rings (SSSR count). The van der Waals surface area contributed by atoms with Gasteiger partial charge in [-0.2, -0.15) is 9.97 Å². The smallest absolute Gasteiger partial charge is 0.223 e. The molecule has 3 atom stereocenters. The summed E-state index contributed by atoms with van der Waals surface area (Å²) in [6.45, 7) is 1.30. The number of aromatic nitrogens is 2. The highest BCUT2D eigenvalue weighted by molar-refractivity contribution is 6.16. The summed E-state index contributed by atoms with van der Waals surface area (Å²) in [5.41, 5.74) is 11.5. The number of hydrogen-bond acceptors (Lipinski definition) is 9. The number of nitrogens with two attached hydrogens (primary N) is 2. The molecular formula is C13H18N6O3. The molecule has 1 aromatic heterocycles. The fourth-order valence-corrected chi connectivity index (χ4v) is 2.17. The lowest BCUT2D eigenvalue weighted by Gasteiger charge is -2.17. The lowest BCUT2D eigenvalue weighted by Crippen LogP contribution is -2.26. The molecule has 0 amide bonds. The molecule has 118 valence electrons. The van der Waals surface area contributed by atoms with Crippen LogP contribution in [0.25, 0.3) is 0 Å². The van der Waals surface area contributed by atoms with E-state index < -0.39 is 18.4 Å². The molecule has 1 fully saturated rings. The first-order chi connectivity index (χ1) is 10.5. The monoisotopic (exact) mass is 306 g/mol. The van der Waals surface area contributed by atoms with Crippen LogP contribution >= 0.6 is 0 Å². The second kappa shape index (κ2) is 6.57. The minimum absolute atomic E-state index is 0.0278. The zero-order valence-electron chi connectivity index (χ0n) is 12.0. The minimum Gasteiger partial charge on any atom is -0.394 e. The minimum atomic E-state index is -0.794. The largest absolute Gasteiger partial charge is 0.394 e. The molecule has 3 unspecified atom stereocenters. The van der Waals surface area contributed by atoms with E-state index in [9.17, 15) is 5.11 Å². The van der Waals surface area contributed by atoms with Gasteiger partial charge in [0.2, 0.25) is 5.95 Å². The molecule has 0 spiro atoms. The number of nitrogens with zero attached hydrogens (tertiary/aromatic N) is 2. The molecule has 0 saturated carbocycles. The second-order valence-corrected chi connectivity index (χ2v) is 4.73. The van der Waals surface area contributed by atoms with Gasteiger partial charge in [-0.1, -0.05) is 5.92 Å². The van der Waals surface area contributed by atoms with Crippen molar-refractivity contribution in [1.82, 2.24) is 9.97 Å². The van der Waals surface area contributed by atoms with E-state index in [2.05, 4.69) is 27.1 Å². The molecule has 22 heavy (non-hydrogen) atoms. The average molecular weight is 306 g/mol. The van der Waals surface area contributed by atoms with E-state index >= 15 is 0 Å². The Kier molecular flexibility index (Phi) is 4.77. The van der Waals surface area contributed by atoms with E-state index in [1.807, 2.05) is 0 Å². The number of aliphatic hydroxyl groups is 2. The van der Waals surface area contributed by atoms with Gasteiger partial charge >= 0.3 is 0 Å². The Morgan fingerprint density at radius 2 is 2.23 bits per heavy atom. The third kappa shape index (κ3) is 3.25. The molecule has 1 aliphatic rings. The van der Waals surface area contributed by atoms with Crippen molar-refractivity contribution in [3.8, 4) is 11.8 Å². The van der Waals surface area contributed by atoms with Crippen LogP contribution in [-0.4, -0.2) is 50.9 Å². The van der Waals surface area contributed by atoms with Gasteiger partial charge in [-0.25, -0.2) is 0 Å². The predicted molar refractivity (Wildman–Crippen MR) is 81.1 cm³/mol. The third-order valence-electron chi connectivity index (χ3n) is 3.16. The highest BCUT2D eigenvalue weighted by atomic mass is 16.5. The summed E-state index contributed by atoms with van der Waals surface area (Å²) in [5, 5.41) is 29.7. The van der Waals surface area contributed by atoms with Crippen molar-refractivity contribution in [3.63, 3.8) is 0 Å². The van der Waals surface area contributed by atoms with Crippen LogP contribution in [0.2, 0.25) is 0 Å². The van der Waals surface area contributed by atoms with Crippen LogP contribution in [0, 0.1) is 17.3 Å². The van der Waals surface area contributed by atoms with E-state index in [-0.39, 0.29) is 41.9 Å². The zero-order valence-corrected chi connectivity index (χ0v) is 12.0. The first kappa shape index (κ1) is 16.0. The Morgan fingerprint density at radius 1 is 1.50 bits per heavy atom. The molecule has 0 aliphatic carbocycles. The van der Waals surface area contributed by atoms with Gasteiger partial charge in [-0.3, -0.25) is 5.41 Å². The summed E-state index contributed by atoms with van der Waals surface area (Å²) in [7, 11) is 0. The summed E-state index contributed by atoms with van der Waals surface area (Å²) in [6, 6.07) is 0. The molecule has 9 heteroatoms. The molecule has 8 N–H and O–H groups in total. The summed E-state index contributed by atoms with van der Waals surface area (Å²) in [5.74, 6) is 5.35. The second-order valence-electron chi connectivity index (χ2n) is 4.73. The van der Waals surface area contributed by atoms with Crippen LogP contribution in [-0.2, 0) is 4.74 Å². The molecule has 0 bridgehead atoms. The standard InChI is InChI=1S/C13H18N6O3/c1-2-3-6(14)10-11(15)18-13(16)19-12(10)17-9-4-7(21)8(5-20)22-9/h7-9,14,20-21H,4-5H2,1H3,(H5,15,16,17,18,19). The molecule has 1 aromatic rings. The van der Waals surface area contributed by atoms with Crippen molar-refractivity contribution in [1.29, 1.82) is 5.41 Å². The summed E-state index contributed by atoms with van der Waals surface area (Å²) < 4.78 is 5.44. The summed E-state index contributed by atoms with van der Waals surface area (Å²) in [6.07, 6.45) is -1.81. The van der Waals surface area contributed by atoms with E-state index in [4.69, 9.17) is 26.7 Å². The maximum Gasteiger partial charge on any atom is 0.223 e. The molecule has 1 aliphatic heterocycles. The number of ether oxygens (including phenoxy) is 1. The van der Waals surface area contributed by atoms with Crippen LogP contribution in [0.1, 0.15) is 18.9 Å². The Bertz CT molecular complexity index is 639. The maximum atomic E-state index is 9.74. The van der Waals surface area contributed by atoms with Crippen LogP contribution in [0.4, 0.5) is 17.6 Å². The van der Waals surface area contributed by atoms with Gasteiger partial charge in [0.05, 0.1) is 18.3 Å². The average Bonchev–Trinajstić information content (AvgIpc) is 2.78. The van der Waals surface area contributed by atoms with E-state index in [1.54, 1.807) is 6.92 Å². The van der Waals surface area contributed by atoms with Crippen LogP contribution < -0.4 is 16.8 Å². The highest BCUT2D eigenvalue weighted by Crippen LogP contribution is 2.26. The van der Waals surface area contributed by atoms with Crippen LogP contribution in [0.5, 0.6) is 0 Å². The van der Waals surface area contributed by atoms with Crippen molar-refractivity contribution in [2.24, 2.45) is 0 Å². The van der Waals surface area contributed by atoms with Crippen molar-refractivity contribution in [2.75, 3.05) is 23.4 Å². The molecule has 9 nitrogen and oxygen atoms in total. The Labute approximate surface area is 127 Å². The number of hydrogen-bond donors (Lipinski definition) is 6. The fourth-order valence-electron chi connectivity index (χ4n) is 2.17. The van der Waals surface area contributed by atoms with Crippen molar-refractivity contribution in [3.05, 3.63) is 5.56 Å². The Hall–Kier alpha value is -2.41. The fraction of sp³-hybridized carbons (Fsp3) is 0.462. The quantitative estimate of drug-likeness (QED) is 0.302. The molecule has 0 radical (unpaired) electrons. The number of nitrogen functional groups attached to an aromatic ring is 2. The van der Waals surface area contributed by atoms with Crippen molar-refractivity contribution in [2.45, 2.75) is 31.8 Å². The van der Waals surface area contributed by atoms with Gasteiger partial charge in [0.1, 0.15) is 29.7 Å². The molecule has 0 aromatic carbocycles. The zero-order chi connectivity index (χ0) is 16.3. The molecule has 2 heterocycles. The topological polar surface area (TPSA) is 163 Å². The van der Waals surface area contributed by atoms with Gasteiger partial charge in [-0.05, 0) is 12.8 Å². The van der Waals surface area contributed by atoms with Gasteiger partial charge in [0.25, 0.3) is 0 Å². The van der Waals surface area contributed by atoms with Crippen molar-refractivity contribution >= 4 is 23.3 Å². The number of anilines is 3. The van der Waals surface area contributed by atoms with Gasteiger partial charge in [-0.15, -0.1) is 0 Å². The van der Waals surface area contributed by atoms with Crippen LogP contribution in [0.3, 0.4) is 0 Å². The van der Waals surface area contributed by atoms with Crippen molar-refractivity contribution < 1.29 is 14.9 Å². The SMILES string of the molecule is CC#CC(=N)c1c(N)nc(N)nc1NC1CC(O)C(CO)O1. The van der Waals surface area contributed by atoms with Gasteiger partial charge in [0, 0.05) is 6.42 Å². The number of aliphatic hydroxyl groups excluding tert-OH is 2. The lowest BCUT2D eigenvalue weighted by atomic mass is 10.1. The Balaban J connectivity index is 2.30. The Morgan fingerprint density at radius 3 is 2.82 bits per heavy atom. The third-order valence-corrected chi connectivity index (χ3v) is 3.16. The molecule has 1 saturated heterocycles. The van der Waals surface area contributed by atoms with Crippen LogP contribution in [0.15, 0.2) is 0 Å². The van der Waals surface area contributed by atoms with Gasteiger partial charge in [0.15, 0.2) is 0 Å². The first-order valence-corrected chi connectivity index (χ1v) is 6.61. The van der Waals surface area contributed by atoms with E-state index in [0.29, 0.717) is 0 Å². The maximum absolute atomic E-state index is 9.74. The lowest BCUT2D eigenvalue weighted by molar-refractivity contribution is -0.0149.